The minimum absolute atomic E-state index is 0.0411. The van der Waals surface area contributed by atoms with E-state index in [9.17, 15) is 19.2 Å². The van der Waals surface area contributed by atoms with Gasteiger partial charge in [0.2, 0.25) is 5.91 Å². The quantitative estimate of drug-likeness (QED) is 0.240. The van der Waals surface area contributed by atoms with Crippen molar-refractivity contribution in [2.24, 2.45) is 50.2 Å². The lowest BCUT2D eigenvalue weighted by atomic mass is 9.33. The molecule has 2 amide bonds. The van der Waals surface area contributed by atoms with Gasteiger partial charge in [0.25, 0.3) is 0 Å². The fourth-order valence-corrected chi connectivity index (χ4v) is 13.2. The van der Waals surface area contributed by atoms with E-state index < -0.39 is 23.2 Å². The van der Waals surface area contributed by atoms with Crippen LogP contribution in [-0.4, -0.2) is 53.4 Å². The smallest absolute Gasteiger partial charge is 0.408 e. The van der Waals surface area contributed by atoms with Crippen LogP contribution < -0.4 is 10.6 Å². The number of ketones is 1. The van der Waals surface area contributed by atoms with Crippen LogP contribution in [0.15, 0.2) is 42.0 Å². The molecule has 0 saturated heterocycles. The summed E-state index contributed by atoms with van der Waals surface area (Å²) < 4.78 is 11.5. The first-order valence-corrected chi connectivity index (χ1v) is 22.7. The third-order valence-corrected chi connectivity index (χ3v) is 16.9. The van der Waals surface area contributed by atoms with Gasteiger partial charge in [-0.05, 0) is 154 Å². The van der Waals surface area contributed by atoms with Gasteiger partial charge in [-0.2, -0.15) is 11.8 Å². The molecule has 0 unspecified atom stereocenters. The van der Waals surface area contributed by atoms with Crippen LogP contribution in [0.1, 0.15) is 139 Å². The van der Waals surface area contributed by atoms with E-state index >= 15 is 0 Å². The highest BCUT2D eigenvalue weighted by Crippen LogP contribution is 2.75. The highest BCUT2D eigenvalue weighted by molar-refractivity contribution is 7.98. The molecular formula is C47H70N2O6S. The minimum atomic E-state index is -0.691. The fourth-order valence-electron chi connectivity index (χ4n) is 12.8. The molecule has 0 heterocycles. The van der Waals surface area contributed by atoms with Crippen LogP contribution in [0.2, 0.25) is 0 Å². The third-order valence-electron chi connectivity index (χ3n) is 16.2. The van der Waals surface area contributed by atoms with Gasteiger partial charge in [-0.1, -0.05) is 77.4 Å². The number of alkyl carbamates (subject to hydrolysis) is 1. The number of rotatable bonds is 9. The van der Waals surface area contributed by atoms with Gasteiger partial charge >= 0.3 is 12.1 Å². The van der Waals surface area contributed by atoms with Crippen LogP contribution >= 0.6 is 11.8 Å². The average molecular weight is 791 g/mol. The van der Waals surface area contributed by atoms with E-state index in [1.165, 1.54) is 5.57 Å². The van der Waals surface area contributed by atoms with Gasteiger partial charge in [-0.3, -0.25) is 14.4 Å². The van der Waals surface area contributed by atoms with E-state index in [0.29, 0.717) is 12.8 Å². The van der Waals surface area contributed by atoms with Crippen molar-refractivity contribution in [3.63, 3.8) is 0 Å². The van der Waals surface area contributed by atoms with Gasteiger partial charge in [-0.25, -0.2) is 4.79 Å². The Morgan fingerprint density at radius 3 is 2.25 bits per heavy atom. The molecule has 310 valence electrons. The van der Waals surface area contributed by atoms with Gasteiger partial charge in [0, 0.05) is 12.0 Å². The summed E-state index contributed by atoms with van der Waals surface area (Å²) in [6.45, 7) is 22.0. The van der Waals surface area contributed by atoms with Crippen molar-refractivity contribution in [1.29, 1.82) is 0 Å². The summed E-state index contributed by atoms with van der Waals surface area (Å²) in [7, 11) is 0. The normalized spacial score (nSPS) is 38.0. The Bertz CT molecular complexity index is 1720. The van der Waals surface area contributed by atoms with Crippen molar-refractivity contribution in [3.05, 3.63) is 47.5 Å². The maximum Gasteiger partial charge on any atom is 0.408 e. The number of ether oxygens (including phenoxy) is 2. The first kappa shape index (κ1) is 42.8. The number of amides is 2. The number of thioether (sulfide) groups is 1. The zero-order valence-electron chi connectivity index (χ0n) is 36.2. The zero-order valence-corrected chi connectivity index (χ0v) is 37.0. The van der Waals surface area contributed by atoms with E-state index in [1.54, 1.807) is 11.8 Å². The number of allylic oxidation sites excluding steroid dienone is 2. The molecule has 56 heavy (non-hydrogen) atoms. The van der Waals surface area contributed by atoms with Crippen LogP contribution in [0.3, 0.4) is 0 Å². The van der Waals surface area contributed by atoms with Crippen molar-refractivity contribution in [3.8, 4) is 0 Å². The Hall–Kier alpha value is -2.81. The molecule has 0 spiro atoms. The van der Waals surface area contributed by atoms with Gasteiger partial charge in [0.15, 0.2) is 5.78 Å². The molecule has 1 aromatic rings. The molecular weight excluding hydrogens is 721 g/mol. The maximum absolute atomic E-state index is 15.0. The minimum Gasteiger partial charge on any atom is -0.460 e. The number of carbonyl (C=O) groups is 4. The monoisotopic (exact) mass is 790 g/mol. The molecule has 8 nitrogen and oxygen atoms in total. The van der Waals surface area contributed by atoms with Gasteiger partial charge in [-0.15, -0.1) is 0 Å². The Kier molecular flexibility index (Phi) is 11.5. The van der Waals surface area contributed by atoms with Crippen LogP contribution in [0.25, 0.3) is 0 Å². The standard InChI is InChI=1S/C47H70N2O6S/c1-41(2,3)55-40(53)48-33(19-26-56-11)38(51)49-36-18-20-45(8)35(42(36,4)5)17-21-47(10)37(45)34(50)27-31-32-28-44(7,23-22-43(32,6)24-25-46(31,47)9)39(52)54-29-30-15-13-12-14-16-30/h12-16,27,32-33,35-37H,17-26,28-29H2,1-11H3,(H,48,53)(H,49,51)/t32-,33-,35-,36-,37+,43+,44-,45-,46+,47+/m0/s1. The molecule has 9 heteroatoms. The van der Waals surface area contributed by atoms with Gasteiger partial charge in [0.05, 0.1) is 5.41 Å². The lowest BCUT2D eigenvalue weighted by molar-refractivity contribution is -0.190. The number of hydrogen-bond donors (Lipinski definition) is 2. The molecule has 5 aliphatic rings. The Morgan fingerprint density at radius 1 is 0.911 bits per heavy atom. The summed E-state index contributed by atoms with van der Waals surface area (Å²) in [5, 5.41) is 6.25. The van der Waals surface area contributed by atoms with Crippen molar-refractivity contribution in [1.82, 2.24) is 10.6 Å². The summed E-state index contributed by atoms with van der Waals surface area (Å²) in [5.41, 5.74) is 0.141. The van der Waals surface area contributed by atoms with E-state index in [2.05, 4.69) is 65.2 Å². The molecule has 4 fully saturated rings. The number of benzene rings is 1. The molecule has 0 aromatic heterocycles. The zero-order chi connectivity index (χ0) is 41.1. The van der Waals surface area contributed by atoms with Crippen molar-refractivity contribution >= 4 is 35.5 Å². The Labute approximate surface area is 341 Å². The second-order valence-corrected chi connectivity index (χ2v) is 22.2. The summed E-state index contributed by atoms with van der Waals surface area (Å²) in [4.78, 5) is 55.5. The van der Waals surface area contributed by atoms with Crippen molar-refractivity contribution in [2.45, 2.75) is 158 Å². The Balaban J connectivity index is 1.23. The average Bonchev–Trinajstić information content (AvgIpc) is 3.11. The topological polar surface area (TPSA) is 111 Å². The van der Waals surface area contributed by atoms with E-state index in [1.807, 2.05) is 57.4 Å². The van der Waals surface area contributed by atoms with Crippen LogP contribution in [0.4, 0.5) is 4.79 Å². The third kappa shape index (κ3) is 7.49. The van der Waals surface area contributed by atoms with Crippen molar-refractivity contribution < 1.29 is 28.7 Å². The molecule has 0 aliphatic heterocycles. The summed E-state index contributed by atoms with van der Waals surface area (Å²) in [6.07, 6.45) is 12.1. The number of carbonyl (C=O) groups excluding carboxylic acids is 4. The number of fused-ring (bicyclic) bond motifs is 7. The molecule has 4 saturated carbocycles. The molecule has 0 bridgehead atoms. The molecule has 0 radical (unpaired) electrons. The van der Waals surface area contributed by atoms with E-state index in [-0.39, 0.29) is 75.1 Å². The number of nitrogens with one attached hydrogen (secondary N) is 2. The SMILES string of the molecule is CSCC[C@H](NC(=O)OC(C)(C)C)C(=O)N[C@H]1CC[C@]2(C)[C@H]3C(=O)C=C4[C@@H]5C[C@@](C)(C(=O)OCc6ccccc6)CC[C@]5(C)CC[C@@]4(C)[C@]3(C)CC[C@H]2C1(C)C. The lowest BCUT2D eigenvalue weighted by Gasteiger charge is -2.70. The lowest BCUT2D eigenvalue weighted by Crippen LogP contribution is -2.68. The van der Waals surface area contributed by atoms with Gasteiger partial charge < -0.3 is 20.1 Å². The summed E-state index contributed by atoms with van der Waals surface area (Å²) in [5.74, 6) is 0.935. The van der Waals surface area contributed by atoms with E-state index in [0.717, 1.165) is 62.7 Å². The molecule has 6 rings (SSSR count). The maximum atomic E-state index is 15.0. The number of hydrogen-bond acceptors (Lipinski definition) is 7. The van der Waals surface area contributed by atoms with Crippen molar-refractivity contribution in [2.75, 3.05) is 12.0 Å². The highest BCUT2D eigenvalue weighted by atomic mass is 32.2. The largest absolute Gasteiger partial charge is 0.460 e. The van der Waals surface area contributed by atoms with Crippen LogP contribution in [0, 0.1) is 50.2 Å². The molecule has 1 aromatic carbocycles. The van der Waals surface area contributed by atoms with E-state index in [4.69, 9.17) is 9.47 Å². The predicted molar refractivity (Wildman–Crippen MR) is 224 cm³/mol. The van der Waals surface area contributed by atoms with Crippen LogP contribution in [0.5, 0.6) is 0 Å². The molecule has 2 N–H and O–H groups in total. The molecule has 10 atom stereocenters. The number of esters is 1. The fraction of sp³-hybridized carbons (Fsp3) is 0.745. The predicted octanol–water partition coefficient (Wildman–Crippen LogP) is 9.84. The first-order valence-electron chi connectivity index (χ1n) is 21.3. The molecule has 5 aliphatic carbocycles. The van der Waals surface area contributed by atoms with Crippen LogP contribution in [-0.2, 0) is 30.5 Å². The first-order chi connectivity index (χ1) is 26.0. The summed E-state index contributed by atoms with van der Waals surface area (Å²) in [6, 6.07) is 9.11. The Morgan fingerprint density at radius 2 is 1.59 bits per heavy atom. The summed E-state index contributed by atoms with van der Waals surface area (Å²) >= 11 is 1.64. The second kappa shape index (κ2) is 15.1. The highest BCUT2D eigenvalue weighted by Gasteiger charge is 2.70. The van der Waals surface area contributed by atoms with Gasteiger partial charge in [0.1, 0.15) is 18.2 Å². The second-order valence-electron chi connectivity index (χ2n) is 21.2.